The van der Waals surface area contributed by atoms with E-state index in [9.17, 15) is 18.0 Å². The van der Waals surface area contributed by atoms with E-state index in [1.165, 1.54) is 24.1 Å². The van der Waals surface area contributed by atoms with Gasteiger partial charge in [-0.3, -0.25) is 13.9 Å². The fraction of sp³-hybridized carbons (Fsp3) is 0.333. The molecule has 10 heteroatoms. The standard InChI is InChI=1S/C30H34BrN3O5S/c1-22(30(36)32-25-11-6-7-12-25)33(20-23-9-8-10-24(31)19-23)29(35)21-34(26-15-17-27(39-2)18-16-26)40(37,38)28-13-4-3-5-14-28/h3-5,8-10,13-19,22,25H,6-7,11-12,20-21H2,1-2H3,(H,32,36). The van der Waals surface area contributed by atoms with Gasteiger partial charge in [-0.1, -0.05) is 59.1 Å². The van der Waals surface area contributed by atoms with Crippen molar-refractivity contribution in [1.29, 1.82) is 0 Å². The van der Waals surface area contributed by atoms with Crippen LogP contribution in [0.25, 0.3) is 0 Å². The minimum absolute atomic E-state index is 0.0594. The molecule has 0 aromatic heterocycles. The molecule has 2 amide bonds. The molecule has 3 aromatic carbocycles. The highest BCUT2D eigenvalue weighted by Gasteiger charge is 2.33. The van der Waals surface area contributed by atoms with Crippen molar-refractivity contribution in [2.45, 2.75) is 56.1 Å². The fourth-order valence-electron chi connectivity index (χ4n) is 4.80. The maximum Gasteiger partial charge on any atom is 0.264 e. The molecule has 1 atom stereocenters. The third-order valence-corrected chi connectivity index (χ3v) is 9.36. The molecule has 40 heavy (non-hydrogen) atoms. The van der Waals surface area contributed by atoms with Gasteiger partial charge >= 0.3 is 0 Å². The maximum absolute atomic E-state index is 14.0. The van der Waals surface area contributed by atoms with Gasteiger partial charge in [0.25, 0.3) is 10.0 Å². The van der Waals surface area contributed by atoms with Gasteiger partial charge in [0, 0.05) is 17.1 Å². The molecule has 4 rings (SSSR count). The van der Waals surface area contributed by atoms with Crippen LogP contribution >= 0.6 is 15.9 Å². The van der Waals surface area contributed by atoms with E-state index in [1.54, 1.807) is 49.4 Å². The molecule has 1 N–H and O–H groups in total. The summed E-state index contributed by atoms with van der Waals surface area (Å²) in [6.45, 7) is 1.33. The summed E-state index contributed by atoms with van der Waals surface area (Å²) >= 11 is 3.47. The number of methoxy groups -OCH3 is 1. The number of nitrogens with zero attached hydrogens (tertiary/aromatic N) is 2. The lowest BCUT2D eigenvalue weighted by Gasteiger charge is -2.32. The predicted molar refractivity (Wildman–Crippen MR) is 159 cm³/mol. The van der Waals surface area contributed by atoms with E-state index in [2.05, 4.69) is 21.2 Å². The molecule has 0 saturated heterocycles. The zero-order valence-corrected chi connectivity index (χ0v) is 25.0. The van der Waals surface area contributed by atoms with Crippen LogP contribution in [-0.4, -0.2) is 50.9 Å². The number of rotatable bonds is 11. The first-order valence-electron chi connectivity index (χ1n) is 13.2. The second-order valence-electron chi connectivity index (χ2n) is 9.84. The number of hydrogen-bond acceptors (Lipinski definition) is 5. The van der Waals surface area contributed by atoms with Crippen molar-refractivity contribution in [1.82, 2.24) is 10.2 Å². The molecule has 3 aromatic rings. The number of hydrogen-bond donors (Lipinski definition) is 1. The van der Waals surface area contributed by atoms with E-state index in [4.69, 9.17) is 4.74 Å². The zero-order valence-electron chi connectivity index (χ0n) is 22.6. The van der Waals surface area contributed by atoms with Crippen molar-refractivity contribution >= 4 is 43.5 Å². The van der Waals surface area contributed by atoms with Crippen molar-refractivity contribution in [3.63, 3.8) is 0 Å². The van der Waals surface area contributed by atoms with Crippen molar-refractivity contribution in [3.8, 4) is 5.75 Å². The summed E-state index contributed by atoms with van der Waals surface area (Å²) in [4.78, 5) is 28.8. The number of benzene rings is 3. The van der Waals surface area contributed by atoms with Crippen LogP contribution in [0.5, 0.6) is 5.75 Å². The number of amides is 2. The van der Waals surface area contributed by atoms with Crippen LogP contribution in [-0.2, 0) is 26.2 Å². The van der Waals surface area contributed by atoms with Gasteiger partial charge in [0.15, 0.2) is 0 Å². The van der Waals surface area contributed by atoms with Crippen LogP contribution in [0.1, 0.15) is 38.2 Å². The van der Waals surface area contributed by atoms with Crippen LogP contribution in [0, 0.1) is 0 Å². The third-order valence-electron chi connectivity index (χ3n) is 7.08. The summed E-state index contributed by atoms with van der Waals surface area (Å²) in [7, 11) is -2.59. The highest BCUT2D eigenvalue weighted by molar-refractivity contribution is 9.10. The molecule has 1 saturated carbocycles. The van der Waals surface area contributed by atoms with Crippen LogP contribution < -0.4 is 14.4 Å². The monoisotopic (exact) mass is 627 g/mol. The van der Waals surface area contributed by atoms with Crippen molar-refractivity contribution in [2.75, 3.05) is 18.0 Å². The van der Waals surface area contributed by atoms with Gasteiger partial charge < -0.3 is 15.0 Å². The molecule has 0 heterocycles. The van der Waals surface area contributed by atoms with Gasteiger partial charge in [0.2, 0.25) is 11.8 Å². The number of ether oxygens (including phenoxy) is 1. The Kier molecular flexibility index (Phi) is 9.86. The Morgan fingerprint density at radius 2 is 1.68 bits per heavy atom. The van der Waals surface area contributed by atoms with Crippen LogP contribution in [0.4, 0.5) is 5.69 Å². The summed E-state index contributed by atoms with van der Waals surface area (Å²) in [6, 6.07) is 21.2. The number of halogens is 1. The van der Waals surface area contributed by atoms with E-state index in [-0.39, 0.29) is 23.4 Å². The number of sulfonamides is 1. The topological polar surface area (TPSA) is 96.0 Å². The minimum atomic E-state index is -4.11. The smallest absolute Gasteiger partial charge is 0.264 e. The Morgan fingerprint density at radius 1 is 1.00 bits per heavy atom. The number of carbonyl (C=O) groups excluding carboxylic acids is 2. The maximum atomic E-state index is 14.0. The number of nitrogens with one attached hydrogen (secondary N) is 1. The summed E-state index contributed by atoms with van der Waals surface area (Å²) in [5.41, 5.74) is 1.12. The van der Waals surface area contributed by atoms with Gasteiger partial charge in [-0.15, -0.1) is 0 Å². The Bertz CT molecular complexity index is 1410. The average molecular weight is 629 g/mol. The highest BCUT2D eigenvalue weighted by atomic mass is 79.9. The average Bonchev–Trinajstić information content (AvgIpc) is 3.47. The van der Waals surface area contributed by atoms with Crippen molar-refractivity contribution < 1.29 is 22.7 Å². The Hall–Kier alpha value is -3.37. The lowest BCUT2D eigenvalue weighted by Crippen LogP contribution is -2.52. The largest absolute Gasteiger partial charge is 0.497 e. The van der Waals surface area contributed by atoms with Crippen LogP contribution in [0.2, 0.25) is 0 Å². The summed E-state index contributed by atoms with van der Waals surface area (Å²) in [5, 5.41) is 3.08. The second kappa shape index (κ2) is 13.3. The van der Waals surface area contributed by atoms with Crippen LogP contribution in [0.15, 0.2) is 88.2 Å². The zero-order chi connectivity index (χ0) is 28.7. The Morgan fingerprint density at radius 3 is 2.30 bits per heavy atom. The number of anilines is 1. The fourth-order valence-corrected chi connectivity index (χ4v) is 6.69. The molecule has 212 valence electrons. The molecule has 1 unspecified atom stereocenters. The first-order valence-corrected chi connectivity index (χ1v) is 15.5. The van der Waals surface area contributed by atoms with E-state index in [0.717, 1.165) is 40.0 Å². The second-order valence-corrected chi connectivity index (χ2v) is 12.6. The molecule has 1 fully saturated rings. The lowest BCUT2D eigenvalue weighted by atomic mass is 10.1. The summed E-state index contributed by atoms with van der Waals surface area (Å²) in [5.74, 6) is -0.192. The molecule has 1 aliphatic rings. The number of carbonyl (C=O) groups is 2. The molecule has 0 bridgehead atoms. The quantitative estimate of drug-likeness (QED) is 0.318. The van der Waals surface area contributed by atoms with Gasteiger partial charge in [0.1, 0.15) is 18.3 Å². The highest BCUT2D eigenvalue weighted by Crippen LogP contribution is 2.27. The normalized spacial score (nSPS) is 14.4. The molecule has 0 spiro atoms. The first-order chi connectivity index (χ1) is 19.2. The van der Waals surface area contributed by atoms with E-state index in [0.29, 0.717) is 11.4 Å². The molecule has 0 radical (unpaired) electrons. The summed E-state index contributed by atoms with van der Waals surface area (Å²) < 4.78 is 34.8. The predicted octanol–water partition coefficient (Wildman–Crippen LogP) is 5.13. The third kappa shape index (κ3) is 7.22. The van der Waals surface area contributed by atoms with E-state index >= 15 is 0 Å². The van der Waals surface area contributed by atoms with Gasteiger partial charge in [-0.05, 0) is 73.9 Å². The summed E-state index contributed by atoms with van der Waals surface area (Å²) in [6.07, 6.45) is 3.96. The van der Waals surface area contributed by atoms with Crippen molar-refractivity contribution in [2.24, 2.45) is 0 Å². The first kappa shape index (κ1) is 29.6. The molecule has 0 aliphatic heterocycles. The SMILES string of the molecule is COc1ccc(N(CC(=O)N(Cc2cccc(Br)c2)C(C)C(=O)NC2CCCC2)S(=O)(=O)c2ccccc2)cc1. The van der Waals surface area contributed by atoms with Gasteiger partial charge in [-0.25, -0.2) is 8.42 Å². The molecular weight excluding hydrogens is 594 g/mol. The lowest BCUT2D eigenvalue weighted by molar-refractivity contribution is -0.139. The molecule has 8 nitrogen and oxygen atoms in total. The van der Waals surface area contributed by atoms with Crippen LogP contribution in [0.3, 0.4) is 0 Å². The van der Waals surface area contributed by atoms with Gasteiger partial charge in [-0.2, -0.15) is 0 Å². The molecular formula is C30H34BrN3O5S. The van der Waals surface area contributed by atoms with E-state index in [1.807, 2.05) is 24.3 Å². The van der Waals surface area contributed by atoms with E-state index < -0.39 is 28.5 Å². The molecule has 1 aliphatic carbocycles. The Balaban J connectivity index is 1.68. The minimum Gasteiger partial charge on any atom is -0.497 e. The van der Waals surface area contributed by atoms with Crippen molar-refractivity contribution in [3.05, 3.63) is 88.9 Å². The van der Waals surface area contributed by atoms with Gasteiger partial charge in [0.05, 0.1) is 17.7 Å². The Labute approximate surface area is 244 Å².